The van der Waals surface area contributed by atoms with Crippen LogP contribution < -0.4 is 19.7 Å². The van der Waals surface area contributed by atoms with E-state index in [4.69, 9.17) is 9.47 Å². The Hall–Kier alpha value is -2.62. The molecule has 10 heteroatoms. The van der Waals surface area contributed by atoms with E-state index in [1.54, 1.807) is 26.5 Å². The van der Waals surface area contributed by atoms with Crippen LogP contribution in [0.15, 0.2) is 22.3 Å². The van der Waals surface area contributed by atoms with Gasteiger partial charge in [-0.2, -0.15) is 9.97 Å². The molecule has 0 radical (unpaired) electrons. The van der Waals surface area contributed by atoms with Crippen molar-refractivity contribution in [3.05, 3.63) is 12.3 Å². The van der Waals surface area contributed by atoms with Gasteiger partial charge >= 0.3 is 0 Å². The van der Waals surface area contributed by atoms with Gasteiger partial charge in [-0.3, -0.25) is 4.79 Å². The number of aromatic nitrogens is 4. The number of ether oxygens (including phenoxy) is 2. The molecule has 1 N–H and O–H groups in total. The molecule has 9 nitrogen and oxygen atoms in total. The summed E-state index contributed by atoms with van der Waals surface area (Å²) in [6.07, 6.45) is 6.96. The zero-order valence-electron chi connectivity index (χ0n) is 16.6. The van der Waals surface area contributed by atoms with E-state index in [9.17, 15) is 4.79 Å². The summed E-state index contributed by atoms with van der Waals surface area (Å²) in [7, 11) is 3.14. The lowest BCUT2D eigenvalue weighted by Gasteiger charge is -2.27. The van der Waals surface area contributed by atoms with E-state index in [0.717, 1.165) is 38.8 Å². The average molecular weight is 417 g/mol. The van der Waals surface area contributed by atoms with Gasteiger partial charge < -0.3 is 19.7 Å². The molecular weight excluding hydrogens is 392 g/mol. The number of nitrogens with zero attached hydrogens (tertiary/aromatic N) is 5. The van der Waals surface area contributed by atoms with Crippen molar-refractivity contribution >= 4 is 29.4 Å². The first-order valence-corrected chi connectivity index (χ1v) is 10.6. The van der Waals surface area contributed by atoms with Crippen molar-refractivity contribution in [3.8, 4) is 11.8 Å². The Balaban J connectivity index is 1.58. The van der Waals surface area contributed by atoms with Crippen LogP contribution in [0, 0.1) is 5.92 Å². The molecule has 1 saturated carbocycles. The van der Waals surface area contributed by atoms with Gasteiger partial charge in [-0.15, -0.1) is 0 Å². The third-order valence-corrected chi connectivity index (χ3v) is 5.78. The number of carbonyl (C=O) groups excluding carboxylic acids is 1. The van der Waals surface area contributed by atoms with E-state index >= 15 is 0 Å². The van der Waals surface area contributed by atoms with Gasteiger partial charge in [-0.1, -0.05) is 0 Å². The molecule has 2 aromatic rings. The average Bonchev–Trinajstić information content (AvgIpc) is 3.60. The predicted molar refractivity (Wildman–Crippen MR) is 109 cm³/mol. The number of hydrogen-bond acceptors (Lipinski definition) is 9. The fourth-order valence-electron chi connectivity index (χ4n) is 3.12. The van der Waals surface area contributed by atoms with E-state index in [2.05, 4.69) is 30.2 Å². The van der Waals surface area contributed by atoms with Crippen LogP contribution in [-0.4, -0.2) is 53.2 Å². The number of amides is 1. The Morgan fingerprint density at radius 2 is 1.79 bits per heavy atom. The Labute approximate surface area is 173 Å². The number of methoxy groups -OCH3 is 2. The maximum Gasteiger partial charge on any atom is 0.236 e. The summed E-state index contributed by atoms with van der Waals surface area (Å²) >= 11 is 1.24. The fourth-order valence-corrected chi connectivity index (χ4v) is 4.00. The van der Waals surface area contributed by atoms with Crippen molar-refractivity contribution in [2.75, 3.05) is 37.5 Å². The van der Waals surface area contributed by atoms with Crippen LogP contribution in [0.5, 0.6) is 11.8 Å². The number of anilines is 2. The molecule has 2 aromatic heterocycles. The second-order valence-corrected chi connectivity index (χ2v) is 7.99. The van der Waals surface area contributed by atoms with Gasteiger partial charge in [-0.05, 0) is 49.9 Å². The Bertz CT molecular complexity index is 861. The first-order valence-electron chi connectivity index (χ1n) is 9.74. The molecular formula is C19H24N6O3S. The molecule has 1 aliphatic heterocycles. The maximum absolute atomic E-state index is 12.0. The van der Waals surface area contributed by atoms with E-state index in [1.807, 2.05) is 0 Å². The summed E-state index contributed by atoms with van der Waals surface area (Å²) in [5, 5.41) is 3.28. The highest BCUT2D eigenvalue weighted by atomic mass is 32.2. The van der Waals surface area contributed by atoms with Crippen molar-refractivity contribution < 1.29 is 14.3 Å². The topological polar surface area (TPSA) is 102 Å². The molecule has 1 amide bonds. The van der Waals surface area contributed by atoms with Crippen LogP contribution in [0.1, 0.15) is 32.1 Å². The molecule has 1 saturated heterocycles. The lowest BCUT2D eigenvalue weighted by Crippen LogP contribution is -2.31. The van der Waals surface area contributed by atoms with Crippen molar-refractivity contribution in [2.24, 2.45) is 5.92 Å². The minimum Gasteiger partial charge on any atom is -0.480 e. The highest BCUT2D eigenvalue weighted by Gasteiger charge is 2.30. The maximum atomic E-state index is 12.0. The van der Waals surface area contributed by atoms with Gasteiger partial charge in [0.25, 0.3) is 0 Å². The van der Waals surface area contributed by atoms with E-state index in [-0.39, 0.29) is 11.8 Å². The van der Waals surface area contributed by atoms with Gasteiger partial charge in [0.15, 0.2) is 5.16 Å². The molecule has 2 fully saturated rings. The molecule has 0 atom stereocenters. The van der Waals surface area contributed by atoms with Crippen LogP contribution in [0.3, 0.4) is 0 Å². The molecule has 29 heavy (non-hydrogen) atoms. The molecule has 2 aliphatic rings. The third-order valence-electron chi connectivity index (χ3n) is 4.84. The summed E-state index contributed by atoms with van der Waals surface area (Å²) in [6.45, 7) is 1.84. The van der Waals surface area contributed by atoms with Crippen molar-refractivity contribution in [3.63, 3.8) is 0 Å². The van der Waals surface area contributed by atoms with Gasteiger partial charge in [-0.25, -0.2) is 9.97 Å². The SMILES string of the molecule is COc1nc(N2CCCCC2)nc(OC)c1Sc1nccc(NC(=O)C2CC2)n1. The summed E-state index contributed by atoms with van der Waals surface area (Å²) in [4.78, 5) is 32.6. The molecule has 1 aliphatic carbocycles. The van der Waals surface area contributed by atoms with Crippen LogP contribution in [0.25, 0.3) is 0 Å². The van der Waals surface area contributed by atoms with Crippen LogP contribution in [0.4, 0.5) is 11.8 Å². The van der Waals surface area contributed by atoms with Crippen LogP contribution >= 0.6 is 11.8 Å². The molecule has 3 heterocycles. The Morgan fingerprint density at radius 3 is 2.41 bits per heavy atom. The van der Waals surface area contributed by atoms with Crippen molar-refractivity contribution in [1.29, 1.82) is 0 Å². The number of piperidine rings is 1. The smallest absolute Gasteiger partial charge is 0.236 e. The number of carbonyl (C=O) groups is 1. The standard InChI is InChI=1S/C19H24N6O3S/c1-27-16-14(17(28-2)24-18(23-16)25-10-4-3-5-11-25)29-19-20-9-8-13(22-19)21-15(26)12-6-7-12/h8-9,12H,3-7,10-11H2,1-2H3,(H,20,21,22,26). The Kier molecular flexibility index (Phi) is 5.98. The van der Waals surface area contributed by atoms with Crippen molar-refractivity contribution in [2.45, 2.75) is 42.2 Å². The molecule has 4 rings (SSSR count). The lowest BCUT2D eigenvalue weighted by molar-refractivity contribution is -0.117. The third kappa shape index (κ3) is 4.69. The monoisotopic (exact) mass is 416 g/mol. The molecule has 0 spiro atoms. The summed E-state index contributed by atoms with van der Waals surface area (Å²) in [5.74, 6) is 2.02. The van der Waals surface area contributed by atoms with E-state index in [0.29, 0.717) is 33.6 Å². The van der Waals surface area contributed by atoms with Crippen LogP contribution in [-0.2, 0) is 4.79 Å². The van der Waals surface area contributed by atoms with Gasteiger partial charge in [0, 0.05) is 25.2 Å². The predicted octanol–water partition coefficient (Wildman–Crippen LogP) is 2.77. The molecule has 0 aromatic carbocycles. The summed E-state index contributed by atoms with van der Waals surface area (Å²) in [6, 6.07) is 1.68. The van der Waals surface area contributed by atoms with E-state index in [1.165, 1.54) is 18.2 Å². The molecule has 0 bridgehead atoms. The molecule has 0 unspecified atom stereocenters. The second-order valence-electron chi connectivity index (χ2n) is 7.01. The number of hydrogen-bond donors (Lipinski definition) is 1. The molecule has 154 valence electrons. The lowest BCUT2D eigenvalue weighted by atomic mass is 10.1. The minimum atomic E-state index is 0.00373. The van der Waals surface area contributed by atoms with E-state index < -0.39 is 0 Å². The highest BCUT2D eigenvalue weighted by Crippen LogP contribution is 2.40. The first kappa shape index (κ1) is 19.7. The minimum absolute atomic E-state index is 0.00373. The van der Waals surface area contributed by atoms with Crippen molar-refractivity contribution in [1.82, 2.24) is 19.9 Å². The number of rotatable bonds is 7. The largest absolute Gasteiger partial charge is 0.480 e. The quantitative estimate of drug-likeness (QED) is 0.683. The second kappa shape index (κ2) is 8.81. The zero-order chi connectivity index (χ0) is 20.2. The normalized spacial score (nSPS) is 16.4. The van der Waals surface area contributed by atoms with Crippen LogP contribution in [0.2, 0.25) is 0 Å². The van der Waals surface area contributed by atoms with Gasteiger partial charge in [0.1, 0.15) is 10.7 Å². The first-order chi connectivity index (χ1) is 14.2. The zero-order valence-corrected chi connectivity index (χ0v) is 17.4. The highest BCUT2D eigenvalue weighted by molar-refractivity contribution is 7.99. The number of nitrogens with one attached hydrogen (secondary N) is 1. The van der Waals surface area contributed by atoms with Gasteiger partial charge in [0.05, 0.1) is 14.2 Å². The summed E-state index contributed by atoms with van der Waals surface area (Å²) < 4.78 is 11.0. The Morgan fingerprint density at radius 1 is 1.10 bits per heavy atom. The van der Waals surface area contributed by atoms with Gasteiger partial charge in [0.2, 0.25) is 23.6 Å². The fraction of sp³-hybridized carbons (Fsp3) is 0.526. The summed E-state index contributed by atoms with van der Waals surface area (Å²) in [5.41, 5.74) is 0.